The zero-order valence-electron chi connectivity index (χ0n) is 21.4. The zero-order chi connectivity index (χ0) is 29.2. The molecule has 4 amide bonds. The molecule has 3 aromatic rings. The number of aromatic amines is 2. The second-order valence-electron chi connectivity index (χ2n) is 9.16. The summed E-state index contributed by atoms with van der Waals surface area (Å²) in [5.74, 6) is -4.38. The van der Waals surface area contributed by atoms with Crippen LogP contribution in [0.4, 0.5) is 0 Å². The molecule has 0 aliphatic carbocycles. The molecule has 2 heterocycles. The number of amides is 4. The fraction of sp³-hybridized carbons (Fsp3) is 0.360. The minimum Gasteiger partial charge on any atom is -0.480 e. The van der Waals surface area contributed by atoms with Crippen molar-refractivity contribution >= 4 is 53.1 Å². The van der Waals surface area contributed by atoms with Gasteiger partial charge in [0.25, 0.3) is 0 Å². The number of carboxylic acids is 1. The monoisotopic (exact) mass is 572 g/mol. The molecule has 0 saturated heterocycles. The average Bonchev–Trinajstić information content (AvgIpc) is 3.58. The van der Waals surface area contributed by atoms with E-state index >= 15 is 0 Å². The van der Waals surface area contributed by atoms with Crippen LogP contribution in [0, 0.1) is 0 Å². The molecule has 0 saturated carbocycles. The third-order valence-electron chi connectivity index (χ3n) is 6.17. The second-order valence-corrected chi connectivity index (χ2v) is 9.53. The van der Waals surface area contributed by atoms with E-state index in [1.807, 2.05) is 24.3 Å². The van der Waals surface area contributed by atoms with Crippen LogP contribution in [-0.4, -0.2) is 79.6 Å². The van der Waals surface area contributed by atoms with Gasteiger partial charge in [-0.05, 0) is 24.5 Å². The average molecular weight is 573 g/mol. The molecule has 40 heavy (non-hydrogen) atoms. The molecule has 0 spiro atoms. The van der Waals surface area contributed by atoms with E-state index in [-0.39, 0.29) is 31.4 Å². The number of nitrogens with one attached hydrogen (secondary N) is 5. The summed E-state index contributed by atoms with van der Waals surface area (Å²) in [6, 6.07) is 2.72. The number of rotatable bonds is 15. The van der Waals surface area contributed by atoms with Crippen LogP contribution in [0.5, 0.6) is 0 Å². The molecule has 4 atom stereocenters. The Morgan fingerprint density at radius 2 is 1.62 bits per heavy atom. The standard InChI is InChI=1S/C25H32N8O6S/c26-16(7-13-9-29-17-4-2-1-3-15(13)17)22(35)33-20(11-40)24(37)31-18(5-6-21(27)34)23(36)32-19(25(38)39)8-14-10-28-12-30-14/h1-4,9-10,12,16,18-20,29,40H,5-8,11,26H2,(H2,27,34)(H,28,30)(H,31,37)(H,32,36)(H,33,35)(H,38,39). The largest absolute Gasteiger partial charge is 0.480 e. The highest BCUT2D eigenvalue weighted by atomic mass is 32.1. The maximum atomic E-state index is 13.0. The van der Waals surface area contributed by atoms with E-state index in [9.17, 15) is 29.1 Å². The molecule has 10 N–H and O–H groups in total. The summed E-state index contributed by atoms with van der Waals surface area (Å²) >= 11 is 4.14. The molecule has 4 unspecified atom stereocenters. The lowest BCUT2D eigenvalue weighted by molar-refractivity contribution is -0.142. The fourth-order valence-corrected chi connectivity index (χ4v) is 4.28. The summed E-state index contributed by atoms with van der Waals surface area (Å²) in [6.07, 6.45) is 4.19. The summed E-state index contributed by atoms with van der Waals surface area (Å²) in [5.41, 5.74) is 13.5. The Morgan fingerprint density at radius 3 is 2.27 bits per heavy atom. The molecule has 0 aliphatic heterocycles. The van der Waals surface area contributed by atoms with Crippen LogP contribution in [0.3, 0.4) is 0 Å². The van der Waals surface area contributed by atoms with Gasteiger partial charge in [0.05, 0.1) is 12.4 Å². The summed E-state index contributed by atoms with van der Waals surface area (Å²) in [6.45, 7) is 0. The maximum absolute atomic E-state index is 13.0. The smallest absolute Gasteiger partial charge is 0.326 e. The van der Waals surface area contributed by atoms with Gasteiger partial charge in [0.15, 0.2) is 0 Å². The zero-order valence-corrected chi connectivity index (χ0v) is 22.3. The molecular formula is C25H32N8O6S. The lowest BCUT2D eigenvalue weighted by Crippen LogP contribution is -2.58. The highest BCUT2D eigenvalue weighted by Crippen LogP contribution is 2.18. The molecular weight excluding hydrogens is 540 g/mol. The molecule has 0 bridgehead atoms. The normalized spacial score (nSPS) is 14.1. The Labute approximate surface area is 234 Å². The number of thiol groups is 1. The van der Waals surface area contributed by atoms with Crippen molar-refractivity contribution in [2.24, 2.45) is 11.5 Å². The lowest BCUT2D eigenvalue weighted by atomic mass is 10.0. The molecule has 14 nitrogen and oxygen atoms in total. The number of nitrogens with zero attached hydrogens (tertiary/aromatic N) is 1. The van der Waals surface area contributed by atoms with E-state index in [1.54, 1.807) is 6.20 Å². The SMILES string of the molecule is NC(=O)CCC(NC(=O)C(CS)NC(=O)C(N)Cc1c[nH]c2ccccc12)C(=O)NC(Cc1cnc[nH]1)C(=O)O. The number of hydrogen-bond donors (Lipinski definition) is 9. The van der Waals surface area contributed by atoms with Gasteiger partial charge in [0.2, 0.25) is 23.6 Å². The van der Waals surface area contributed by atoms with E-state index in [0.717, 1.165) is 16.5 Å². The number of carboxylic acid groups (broad SMARTS) is 1. The summed E-state index contributed by atoms with van der Waals surface area (Å²) in [4.78, 5) is 71.5. The molecule has 2 aromatic heterocycles. The van der Waals surface area contributed by atoms with Crippen LogP contribution in [0.2, 0.25) is 0 Å². The Morgan fingerprint density at radius 1 is 0.950 bits per heavy atom. The molecule has 214 valence electrons. The second kappa shape index (κ2) is 14.1. The Kier molecular flexibility index (Phi) is 10.7. The van der Waals surface area contributed by atoms with Crippen LogP contribution in [0.1, 0.15) is 24.1 Å². The Bertz CT molecular complexity index is 1340. The van der Waals surface area contributed by atoms with Crippen LogP contribution < -0.4 is 27.4 Å². The number of aliphatic carboxylic acids is 1. The van der Waals surface area contributed by atoms with Gasteiger partial charge in [-0.1, -0.05) is 18.2 Å². The van der Waals surface area contributed by atoms with E-state index in [0.29, 0.717) is 5.69 Å². The first-order valence-electron chi connectivity index (χ1n) is 12.4. The fourth-order valence-electron chi connectivity index (χ4n) is 4.02. The van der Waals surface area contributed by atoms with E-state index in [2.05, 4.69) is 43.5 Å². The van der Waals surface area contributed by atoms with Crippen LogP contribution >= 0.6 is 12.6 Å². The van der Waals surface area contributed by atoms with Gasteiger partial charge in [0, 0.05) is 47.6 Å². The Hall–Kier alpha value is -4.37. The van der Waals surface area contributed by atoms with E-state index in [1.165, 1.54) is 12.5 Å². The van der Waals surface area contributed by atoms with Crippen LogP contribution in [0.25, 0.3) is 10.9 Å². The molecule has 0 aliphatic rings. The third-order valence-corrected chi connectivity index (χ3v) is 6.54. The van der Waals surface area contributed by atoms with Crippen molar-refractivity contribution in [2.75, 3.05) is 5.75 Å². The van der Waals surface area contributed by atoms with Gasteiger partial charge in [-0.3, -0.25) is 19.2 Å². The van der Waals surface area contributed by atoms with Crippen LogP contribution in [-0.2, 0) is 36.8 Å². The predicted octanol–water partition coefficient (Wildman–Crippen LogP) is -1.26. The topological polar surface area (TPSA) is 238 Å². The summed E-state index contributed by atoms with van der Waals surface area (Å²) in [7, 11) is 0. The number of imidazole rings is 1. The van der Waals surface area contributed by atoms with E-state index < -0.39 is 53.8 Å². The van der Waals surface area contributed by atoms with Gasteiger partial charge in [-0.15, -0.1) is 0 Å². The van der Waals surface area contributed by atoms with Gasteiger partial charge >= 0.3 is 5.97 Å². The molecule has 0 radical (unpaired) electrons. The maximum Gasteiger partial charge on any atom is 0.326 e. The predicted molar refractivity (Wildman–Crippen MR) is 148 cm³/mol. The third kappa shape index (κ3) is 8.31. The van der Waals surface area contributed by atoms with Crippen molar-refractivity contribution < 1.29 is 29.1 Å². The molecule has 1 aromatic carbocycles. The minimum atomic E-state index is -1.34. The number of aromatic nitrogens is 3. The van der Waals surface area contributed by atoms with Crippen molar-refractivity contribution in [1.82, 2.24) is 30.9 Å². The highest BCUT2D eigenvalue weighted by molar-refractivity contribution is 7.80. The highest BCUT2D eigenvalue weighted by Gasteiger charge is 2.30. The summed E-state index contributed by atoms with van der Waals surface area (Å²) < 4.78 is 0. The van der Waals surface area contributed by atoms with Crippen molar-refractivity contribution in [3.63, 3.8) is 0 Å². The van der Waals surface area contributed by atoms with Gasteiger partial charge < -0.3 is 42.5 Å². The number of primary amides is 1. The van der Waals surface area contributed by atoms with Crippen molar-refractivity contribution in [3.05, 3.63) is 54.2 Å². The quantitative estimate of drug-likeness (QED) is 0.0993. The van der Waals surface area contributed by atoms with Crippen molar-refractivity contribution in [2.45, 2.75) is 49.9 Å². The number of hydrogen-bond acceptors (Lipinski definition) is 8. The van der Waals surface area contributed by atoms with Crippen molar-refractivity contribution in [3.8, 4) is 0 Å². The minimum absolute atomic E-state index is 0.0960. The Balaban J connectivity index is 1.64. The first-order valence-corrected chi connectivity index (χ1v) is 13.0. The van der Waals surface area contributed by atoms with Gasteiger partial charge in [0.1, 0.15) is 18.1 Å². The number of benzene rings is 1. The number of para-hydroxylation sites is 1. The number of carbonyl (C=O) groups excluding carboxylic acids is 4. The molecule has 15 heteroatoms. The lowest BCUT2D eigenvalue weighted by Gasteiger charge is -2.24. The molecule has 3 rings (SSSR count). The number of nitrogens with two attached hydrogens (primary N) is 2. The summed E-state index contributed by atoms with van der Waals surface area (Å²) in [5, 5.41) is 17.8. The van der Waals surface area contributed by atoms with Gasteiger partial charge in [-0.2, -0.15) is 12.6 Å². The number of H-pyrrole nitrogens is 2. The number of fused-ring (bicyclic) bond motifs is 1. The van der Waals surface area contributed by atoms with Crippen molar-refractivity contribution in [1.29, 1.82) is 0 Å². The number of carbonyl (C=O) groups is 5. The van der Waals surface area contributed by atoms with E-state index in [4.69, 9.17) is 11.5 Å². The molecule has 0 fully saturated rings. The first-order chi connectivity index (χ1) is 19.1. The van der Waals surface area contributed by atoms with Gasteiger partial charge in [-0.25, -0.2) is 9.78 Å². The first kappa shape index (κ1) is 30.2. The van der Waals surface area contributed by atoms with Crippen LogP contribution in [0.15, 0.2) is 43.0 Å².